The van der Waals surface area contributed by atoms with Crippen LogP contribution in [0.3, 0.4) is 0 Å². The predicted octanol–water partition coefficient (Wildman–Crippen LogP) is 1.46. The monoisotopic (exact) mass is 271 g/mol. The molecule has 0 saturated carbocycles. The first kappa shape index (κ1) is 14.7. The number of carbonyl (C=O) groups excluding carboxylic acids is 1. The maximum Gasteiger partial charge on any atom is 0.338 e. The molecule has 0 aromatic heterocycles. The fourth-order valence-corrected chi connectivity index (χ4v) is 2.04. The Morgan fingerprint density at radius 1 is 1.33 bits per heavy atom. The van der Waals surface area contributed by atoms with Crippen molar-refractivity contribution in [2.75, 3.05) is 6.61 Å². The molecule has 0 radical (unpaired) electrons. The third kappa shape index (κ3) is 3.54. The van der Waals surface area contributed by atoms with Crippen LogP contribution in [0.25, 0.3) is 0 Å². The molecular formula is C12H17NO4S. The second-order valence-electron chi connectivity index (χ2n) is 3.85. The maximum absolute atomic E-state index is 11.8. The third-order valence-corrected chi connectivity index (χ3v) is 3.36. The predicted molar refractivity (Wildman–Crippen MR) is 67.8 cm³/mol. The van der Waals surface area contributed by atoms with Crippen molar-refractivity contribution in [1.82, 2.24) is 0 Å². The van der Waals surface area contributed by atoms with Crippen molar-refractivity contribution in [3.8, 4) is 0 Å². The molecule has 1 rings (SSSR count). The van der Waals surface area contributed by atoms with E-state index in [1.807, 2.05) is 13.8 Å². The third-order valence-electron chi connectivity index (χ3n) is 2.45. The Balaban J connectivity index is 3.18. The molecule has 0 aliphatic carbocycles. The summed E-state index contributed by atoms with van der Waals surface area (Å²) in [6.07, 6.45) is 1.32. The number of rotatable bonds is 5. The summed E-state index contributed by atoms with van der Waals surface area (Å²) in [5.74, 6) is -0.515. The van der Waals surface area contributed by atoms with Gasteiger partial charge in [-0.05, 0) is 30.5 Å². The second-order valence-corrected chi connectivity index (χ2v) is 5.41. The van der Waals surface area contributed by atoms with Crippen molar-refractivity contribution in [2.45, 2.75) is 31.6 Å². The number of benzene rings is 1. The van der Waals surface area contributed by atoms with Crippen LogP contribution in [-0.2, 0) is 21.2 Å². The fourth-order valence-electron chi connectivity index (χ4n) is 1.50. The van der Waals surface area contributed by atoms with E-state index in [2.05, 4.69) is 0 Å². The van der Waals surface area contributed by atoms with Crippen molar-refractivity contribution in [2.24, 2.45) is 5.14 Å². The molecule has 0 amide bonds. The van der Waals surface area contributed by atoms with E-state index >= 15 is 0 Å². The van der Waals surface area contributed by atoms with Crippen LogP contribution in [0.15, 0.2) is 23.1 Å². The lowest BCUT2D eigenvalue weighted by Gasteiger charge is -2.09. The molecule has 0 unspecified atom stereocenters. The van der Waals surface area contributed by atoms with Gasteiger partial charge in [-0.1, -0.05) is 19.9 Å². The lowest BCUT2D eigenvalue weighted by molar-refractivity contribution is 0.0503. The largest absolute Gasteiger partial charge is 0.462 e. The van der Waals surface area contributed by atoms with Gasteiger partial charge in [0.1, 0.15) is 0 Å². The highest BCUT2D eigenvalue weighted by atomic mass is 32.2. The van der Waals surface area contributed by atoms with Crippen molar-refractivity contribution in [3.63, 3.8) is 0 Å². The van der Waals surface area contributed by atoms with E-state index in [9.17, 15) is 13.2 Å². The topological polar surface area (TPSA) is 86.5 Å². The molecule has 6 heteroatoms. The van der Waals surface area contributed by atoms with E-state index in [0.29, 0.717) is 19.4 Å². The maximum atomic E-state index is 11.8. The number of ether oxygens (including phenoxy) is 1. The lowest BCUT2D eigenvalue weighted by Crippen LogP contribution is -2.15. The number of hydrogen-bond acceptors (Lipinski definition) is 4. The molecule has 0 aliphatic heterocycles. The number of carbonyl (C=O) groups is 1. The van der Waals surface area contributed by atoms with Crippen LogP contribution in [0.2, 0.25) is 0 Å². The van der Waals surface area contributed by atoms with Gasteiger partial charge in [0, 0.05) is 0 Å². The first-order valence-corrected chi connectivity index (χ1v) is 7.27. The Morgan fingerprint density at radius 3 is 2.50 bits per heavy atom. The van der Waals surface area contributed by atoms with E-state index in [1.54, 1.807) is 6.07 Å². The molecule has 0 atom stereocenters. The number of aryl methyl sites for hydroxylation is 1. The number of esters is 1. The van der Waals surface area contributed by atoms with Gasteiger partial charge in [0.25, 0.3) is 0 Å². The molecule has 0 saturated heterocycles. The van der Waals surface area contributed by atoms with Gasteiger partial charge in [0.05, 0.1) is 17.1 Å². The van der Waals surface area contributed by atoms with E-state index in [0.717, 1.165) is 5.56 Å². The van der Waals surface area contributed by atoms with Gasteiger partial charge in [-0.15, -0.1) is 0 Å². The summed E-state index contributed by atoms with van der Waals surface area (Å²) >= 11 is 0. The molecule has 0 heterocycles. The van der Waals surface area contributed by atoms with E-state index in [1.165, 1.54) is 12.1 Å². The number of sulfonamides is 1. The van der Waals surface area contributed by atoms with Crippen LogP contribution in [0.4, 0.5) is 0 Å². The number of nitrogens with two attached hydrogens (primary N) is 1. The summed E-state index contributed by atoms with van der Waals surface area (Å²) in [7, 11) is -3.81. The minimum absolute atomic E-state index is 0.0804. The average Bonchev–Trinajstić information content (AvgIpc) is 2.34. The first-order valence-electron chi connectivity index (χ1n) is 5.73. The Kier molecular flexibility index (Phi) is 4.86. The molecule has 0 aliphatic rings. The highest BCUT2D eigenvalue weighted by Gasteiger charge is 2.16. The SMILES string of the molecule is CCCOC(=O)c1cc(S(N)(=O)=O)ccc1CC. The molecule has 5 nitrogen and oxygen atoms in total. The standard InChI is InChI=1S/C12H17NO4S/c1-3-7-17-12(14)11-8-10(18(13,15)16)6-5-9(11)4-2/h5-6,8H,3-4,7H2,1-2H3,(H2,13,15,16). The zero-order chi connectivity index (χ0) is 13.8. The van der Waals surface area contributed by atoms with Crippen molar-refractivity contribution < 1.29 is 17.9 Å². The van der Waals surface area contributed by atoms with Crippen molar-refractivity contribution in [1.29, 1.82) is 0 Å². The van der Waals surface area contributed by atoms with Gasteiger partial charge < -0.3 is 4.74 Å². The number of primary sulfonamides is 1. The summed E-state index contributed by atoms with van der Waals surface area (Å²) in [5, 5.41) is 5.04. The fraction of sp³-hybridized carbons (Fsp3) is 0.417. The number of hydrogen-bond donors (Lipinski definition) is 1. The summed E-state index contributed by atoms with van der Waals surface area (Å²) in [5.41, 5.74) is 1.00. The van der Waals surface area contributed by atoms with Crippen LogP contribution < -0.4 is 5.14 Å². The Morgan fingerprint density at radius 2 is 2.00 bits per heavy atom. The van der Waals surface area contributed by atoms with Gasteiger partial charge in [0.15, 0.2) is 0 Å². The normalized spacial score (nSPS) is 11.3. The molecule has 2 N–H and O–H groups in total. The first-order chi connectivity index (χ1) is 8.40. The van der Waals surface area contributed by atoms with Gasteiger partial charge in [-0.3, -0.25) is 0 Å². The van der Waals surface area contributed by atoms with E-state index in [-0.39, 0.29) is 10.5 Å². The van der Waals surface area contributed by atoms with Crippen LogP contribution in [0, 0.1) is 0 Å². The van der Waals surface area contributed by atoms with Crippen LogP contribution in [-0.4, -0.2) is 21.0 Å². The molecule has 18 heavy (non-hydrogen) atoms. The van der Waals surface area contributed by atoms with E-state index < -0.39 is 16.0 Å². The minimum atomic E-state index is -3.81. The smallest absolute Gasteiger partial charge is 0.338 e. The second kappa shape index (κ2) is 5.97. The van der Waals surface area contributed by atoms with E-state index in [4.69, 9.17) is 9.88 Å². The molecule has 1 aromatic carbocycles. The summed E-state index contributed by atoms with van der Waals surface area (Å²) in [6, 6.07) is 4.25. The van der Waals surface area contributed by atoms with Gasteiger partial charge in [-0.2, -0.15) is 0 Å². The van der Waals surface area contributed by atoms with Crippen LogP contribution in [0.1, 0.15) is 36.2 Å². The van der Waals surface area contributed by atoms with Gasteiger partial charge in [-0.25, -0.2) is 18.4 Å². The molecule has 0 fully saturated rings. The van der Waals surface area contributed by atoms with Gasteiger partial charge in [0.2, 0.25) is 10.0 Å². The molecule has 0 bridgehead atoms. The lowest BCUT2D eigenvalue weighted by atomic mass is 10.1. The zero-order valence-electron chi connectivity index (χ0n) is 10.5. The Bertz CT molecular complexity index is 537. The van der Waals surface area contributed by atoms with Crippen LogP contribution in [0.5, 0.6) is 0 Å². The summed E-state index contributed by atoms with van der Waals surface area (Å²) < 4.78 is 27.5. The summed E-state index contributed by atoms with van der Waals surface area (Å²) in [4.78, 5) is 11.7. The van der Waals surface area contributed by atoms with Crippen molar-refractivity contribution in [3.05, 3.63) is 29.3 Å². The molecule has 100 valence electrons. The molecule has 1 aromatic rings. The molecular weight excluding hydrogens is 254 g/mol. The summed E-state index contributed by atoms with van der Waals surface area (Å²) in [6.45, 7) is 4.07. The van der Waals surface area contributed by atoms with Gasteiger partial charge >= 0.3 is 5.97 Å². The average molecular weight is 271 g/mol. The minimum Gasteiger partial charge on any atom is -0.462 e. The highest BCUT2D eigenvalue weighted by molar-refractivity contribution is 7.89. The molecule has 0 spiro atoms. The quantitative estimate of drug-likeness (QED) is 0.821. The Labute approximate surface area is 107 Å². The highest BCUT2D eigenvalue weighted by Crippen LogP contribution is 2.17. The van der Waals surface area contributed by atoms with Crippen LogP contribution >= 0.6 is 0 Å². The van der Waals surface area contributed by atoms with Crippen molar-refractivity contribution >= 4 is 16.0 Å². The Hall–Kier alpha value is -1.40. The zero-order valence-corrected chi connectivity index (χ0v) is 11.3.